The first-order valence-corrected chi connectivity index (χ1v) is 16.0. The van der Waals surface area contributed by atoms with Crippen molar-refractivity contribution >= 4 is 22.9 Å². The summed E-state index contributed by atoms with van der Waals surface area (Å²) in [6, 6.07) is 17.8. The van der Waals surface area contributed by atoms with Crippen molar-refractivity contribution < 1.29 is 31.8 Å². The average Bonchev–Trinajstić information content (AvgIpc) is 3.26. The van der Waals surface area contributed by atoms with Gasteiger partial charge in [-0.3, -0.25) is 4.79 Å². The SMILES string of the molecule is CC=CCn1c(N2CCCN(CCC(CN(C)C(=O)c3cc(OC(F)(F)F)ccc3OC)c3ccc(F)cc3)CC2)nc2ccccc21. The molecule has 5 rings (SSSR count). The van der Waals surface area contributed by atoms with Gasteiger partial charge in [-0.1, -0.05) is 36.4 Å². The third kappa shape index (κ3) is 8.66. The van der Waals surface area contributed by atoms with Crippen molar-refractivity contribution in [2.75, 3.05) is 58.3 Å². The molecule has 0 spiro atoms. The predicted molar refractivity (Wildman–Crippen MR) is 178 cm³/mol. The molecule has 1 fully saturated rings. The second kappa shape index (κ2) is 15.5. The third-order valence-corrected chi connectivity index (χ3v) is 8.64. The molecular weight excluding hydrogens is 626 g/mol. The summed E-state index contributed by atoms with van der Waals surface area (Å²) in [5.41, 5.74) is 2.89. The van der Waals surface area contributed by atoms with Gasteiger partial charge in [0.05, 0.1) is 23.7 Å². The standard InChI is InChI=1S/C36H41F4N5O3/c1-4-5-20-45-32-10-7-6-9-31(32)41-35(45)44-19-8-18-43(22-23-44)21-17-27(26-11-13-28(37)14-12-26)25-42(2)34(46)30-24-29(48-36(38,39)40)15-16-33(30)47-3/h4-7,9-16,24,27H,8,17-23,25H2,1-3H3. The Hall–Kier alpha value is -4.58. The highest BCUT2D eigenvalue weighted by molar-refractivity contribution is 5.97. The first-order valence-electron chi connectivity index (χ1n) is 16.0. The van der Waals surface area contributed by atoms with Gasteiger partial charge in [-0.2, -0.15) is 0 Å². The molecule has 0 N–H and O–H groups in total. The lowest BCUT2D eigenvalue weighted by atomic mass is 9.94. The molecule has 48 heavy (non-hydrogen) atoms. The molecule has 0 aliphatic carbocycles. The molecule has 1 aliphatic heterocycles. The summed E-state index contributed by atoms with van der Waals surface area (Å²) in [7, 11) is 2.94. The Balaban J connectivity index is 1.29. The first kappa shape index (κ1) is 34.7. The number of imidazole rings is 1. The van der Waals surface area contributed by atoms with Gasteiger partial charge in [0.1, 0.15) is 17.3 Å². The highest BCUT2D eigenvalue weighted by Crippen LogP contribution is 2.31. The van der Waals surface area contributed by atoms with Gasteiger partial charge < -0.3 is 28.7 Å². The van der Waals surface area contributed by atoms with Gasteiger partial charge in [0.2, 0.25) is 5.95 Å². The van der Waals surface area contributed by atoms with Crippen LogP contribution < -0.4 is 14.4 Å². The van der Waals surface area contributed by atoms with E-state index in [-0.39, 0.29) is 29.6 Å². The fourth-order valence-electron chi connectivity index (χ4n) is 6.20. The highest BCUT2D eigenvalue weighted by Gasteiger charge is 2.32. The molecule has 1 saturated heterocycles. The fraction of sp³-hybridized carbons (Fsp3) is 0.389. The number of para-hydroxylation sites is 2. The smallest absolute Gasteiger partial charge is 0.496 e. The molecule has 0 radical (unpaired) electrons. The molecule has 12 heteroatoms. The number of allylic oxidation sites excluding steroid dienone is 2. The maximum Gasteiger partial charge on any atom is 0.573 e. The van der Waals surface area contributed by atoms with Crippen molar-refractivity contribution in [3.05, 3.63) is 95.8 Å². The number of fused-ring (bicyclic) bond motifs is 1. The maximum atomic E-state index is 13.9. The number of likely N-dealkylation sites (N-methyl/N-ethyl adjacent to an activating group) is 1. The van der Waals surface area contributed by atoms with E-state index < -0.39 is 18.0 Å². The van der Waals surface area contributed by atoms with Gasteiger partial charge in [0, 0.05) is 45.7 Å². The van der Waals surface area contributed by atoms with E-state index in [0.717, 1.165) is 80.4 Å². The minimum Gasteiger partial charge on any atom is -0.496 e. The van der Waals surface area contributed by atoms with Crippen molar-refractivity contribution in [3.63, 3.8) is 0 Å². The number of hydrogen-bond acceptors (Lipinski definition) is 6. The Morgan fingerprint density at radius 1 is 1.04 bits per heavy atom. The molecule has 2 heterocycles. The Kier molecular flexibility index (Phi) is 11.3. The van der Waals surface area contributed by atoms with Crippen LogP contribution in [0.3, 0.4) is 0 Å². The summed E-state index contributed by atoms with van der Waals surface area (Å²) in [6.45, 7) is 7.13. The molecule has 0 saturated carbocycles. The van der Waals surface area contributed by atoms with E-state index in [0.29, 0.717) is 6.42 Å². The Bertz CT molecular complexity index is 1710. The number of carbonyl (C=O) groups is 1. The van der Waals surface area contributed by atoms with Crippen molar-refractivity contribution in [2.24, 2.45) is 0 Å². The summed E-state index contributed by atoms with van der Waals surface area (Å²) in [4.78, 5) is 24.8. The molecule has 256 valence electrons. The van der Waals surface area contributed by atoms with Gasteiger partial charge in [0.15, 0.2) is 0 Å². The highest BCUT2D eigenvalue weighted by atomic mass is 19.4. The number of ether oxygens (including phenoxy) is 2. The van der Waals surface area contributed by atoms with E-state index in [2.05, 4.69) is 31.2 Å². The number of alkyl halides is 3. The van der Waals surface area contributed by atoms with Crippen LogP contribution in [0, 0.1) is 5.82 Å². The molecule has 1 amide bonds. The lowest BCUT2D eigenvalue weighted by Crippen LogP contribution is -2.35. The van der Waals surface area contributed by atoms with E-state index in [9.17, 15) is 22.4 Å². The van der Waals surface area contributed by atoms with E-state index >= 15 is 0 Å². The largest absolute Gasteiger partial charge is 0.573 e. The lowest BCUT2D eigenvalue weighted by molar-refractivity contribution is -0.274. The lowest BCUT2D eigenvalue weighted by Gasteiger charge is -2.28. The summed E-state index contributed by atoms with van der Waals surface area (Å²) in [5, 5.41) is 0. The van der Waals surface area contributed by atoms with Gasteiger partial charge in [0.25, 0.3) is 5.91 Å². The van der Waals surface area contributed by atoms with E-state index in [1.54, 1.807) is 19.2 Å². The summed E-state index contributed by atoms with van der Waals surface area (Å²) in [6.07, 6.45) is 0.892. The second-order valence-corrected chi connectivity index (χ2v) is 11.9. The van der Waals surface area contributed by atoms with Gasteiger partial charge in [-0.25, -0.2) is 9.37 Å². The zero-order valence-electron chi connectivity index (χ0n) is 27.4. The van der Waals surface area contributed by atoms with Crippen molar-refractivity contribution in [1.29, 1.82) is 0 Å². The number of halogens is 4. The molecule has 1 aromatic heterocycles. The predicted octanol–water partition coefficient (Wildman–Crippen LogP) is 7.12. The first-order chi connectivity index (χ1) is 23.1. The molecule has 0 bridgehead atoms. The quantitative estimate of drug-likeness (QED) is 0.119. The average molecular weight is 668 g/mol. The number of hydrogen-bond donors (Lipinski definition) is 0. The normalized spacial score (nSPS) is 15.1. The second-order valence-electron chi connectivity index (χ2n) is 11.9. The maximum absolute atomic E-state index is 13.9. The third-order valence-electron chi connectivity index (χ3n) is 8.64. The van der Waals surface area contributed by atoms with Crippen LogP contribution in [0.15, 0.2) is 78.9 Å². The summed E-state index contributed by atoms with van der Waals surface area (Å²) < 4.78 is 64.1. The Labute approximate surface area is 278 Å². The van der Waals surface area contributed by atoms with Crippen LogP contribution in [-0.4, -0.2) is 85.0 Å². The number of rotatable bonds is 12. The number of benzene rings is 3. The van der Waals surface area contributed by atoms with Crippen LogP contribution in [0.25, 0.3) is 11.0 Å². The molecule has 3 aromatic carbocycles. The molecule has 4 aromatic rings. The molecule has 8 nitrogen and oxygen atoms in total. The van der Waals surface area contributed by atoms with Gasteiger partial charge >= 0.3 is 6.36 Å². The summed E-state index contributed by atoms with van der Waals surface area (Å²) in [5.74, 6) is -0.458. The monoisotopic (exact) mass is 667 g/mol. The van der Waals surface area contributed by atoms with Crippen LogP contribution in [0.4, 0.5) is 23.5 Å². The van der Waals surface area contributed by atoms with E-state index in [4.69, 9.17) is 9.72 Å². The summed E-state index contributed by atoms with van der Waals surface area (Å²) >= 11 is 0. The van der Waals surface area contributed by atoms with E-state index in [1.165, 1.54) is 30.2 Å². The molecule has 1 unspecified atom stereocenters. The Morgan fingerprint density at radius 3 is 2.54 bits per heavy atom. The number of nitrogens with zero attached hydrogens (tertiary/aromatic N) is 5. The van der Waals surface area contributed by atoms with Gasteiger partial charge in [-0.05, 0) is 80.9 Å². The van der Waals surface area contributed by atoms with Crippen molar-refractivity contribution in [3.8, 4) is 11.5 Å². The Morgan fingerprint density at radius 2 is 1.81 bits per heavy atom. The topological polar surface area (TPSA) is 63.1 Å². The number of methoxy groups -OCH3 is 1. The van der Waals surface area contributed by atoms with Gasteiger partial charge in [-0.15, -0.1) is 13.2 Å². The number of anilines is 1. The van der Waals surface area contributed by atoms with Crippen LogP contribution in [0.5, 0.6) is 11.5 Å². The minimum atomic E-state index is -4.90. The number of aromatic nitrogens is 2. The van der Waals surface area contributed by atoms with Crippen LogP contribution in [0.1, 0.15) is 41.6 Å². The fourth-order valence-corrected chi connectivity index (χ4v) is 6.20. The molecular formula is C36H41F4N5O3. The van der Waals surface area contributed by atoms with Crippen molar-refractivity contribution in [1.82, 2.24) is 19.4 Å². The van der Waals surface area contributed by atoms with Crippen molar-refractivity contribution in [2.45, 2.75) is 38.6 Å². The number of amides is 1. The van der Waals surface area contributed by atoms with E-state index in [1.807, 2.05) is 31.2 Å². The molecule has 1 aliphatic rings. The zero-order valence-corrected chi connectivity index (χ0v) is 27.4. The zero-order chi connectivity index (χ0) is 34.3. The van der Waals surface area contributed by atoms with Crippen LogP contribution in [0.2, 0.25) is 0 Å². The molecule has 1 atom stereocenters. The van der Waals surface area contributed by atoms with Crippen LogP contribution >= 0.6 is 0 Å². The minimum absolute atomic E-state index is 0.0485. The van der Waals surface area contributed by atoms with Crippen LogP contribution in [-0.2, 0) is 6.54 Å². The number of carbonyl (C=O) groups excluding carboxylic acids is 1.